The number of aryl methyl sites for hydroxylation is 2. The van der Waals surface area contributed by atoms with E-state index in [0.717, 1.165) is 16.8 Å². The Bertz CT molecular complexity index is 1510. The minimum absolute atomic E-state index is 0.149. The van der Waals surface area contributed by atoms with Crippen molar-refractivity contribution in [2.75, 3.05) is 0 Å². The fourth-order valence-corrected chi connectivity index (χ4v) is 3.19. The predicted molar refractivity (Wildman–Crippen MR) is 129 cm³/mol. The van der Waals surface area contributed by atoms with Crippen LogP contribution >= 0.6 is 0 Å². The zero-order chi connectivity index (χ0) is 23.9. The van der Waals surface area contributed by atoms with Crippen LogP contribution in [0, 0.1) is 36.0 Å². The number of hydrogen-bond donors (Lipinski definition) is 0. The first-order chi connectivity index (χ1) is 16.6. The molecule has 0 spiro atoms. The van der Waals surface area contributed by atoms with Crippen LogP contribution in [0.4, 0.5) is 11.4 Å². The van der Waals surface area contributed by atoms with Crippen LogP contribution in [0.2, 0.25) is 0 Å². The van der Waals surface area contributed by atoms with Gasteiger partial charge in [-0.15, -0.1) is 0 Å². The van der Waals surface area contributed by atoms with Crippen LogP contribution < -0.4 is 0 Å². The van der Waals surface area contributed by atoms with E-state index in [1.54, 1.807) is 16.4 Å². The Morgan fingerprint density at radius 2 is 1.38 bits per heavy atom. The van der Waals surface area contributed by atoms with Crippen molar-refractivity contribution in [1.82, 2.24) is 19.6 Å². The van der Waals surface area contributed by atoms with Crippen molar-refractivity contribution in [3.8, 4) is 23.7 Å². The smallest absolute Gasteiger partial charge is 0.269 e. The van der Waals surface area contributed by atoms with E-state index in [9.17, 15) is 5.39 Å². The standard InChI is InChI=1S/C26H21N8/c1-19-25(22(31-33(19)2)16-14-20-10-6-4-7-11-20)30-28-18-24-26(29-27)23(32-34(24)3)17-15-21-12-8-5-9-13-21/h4-13H,18H2,1-3H3/q+1. The molecule has 0 bridgehead atoms. The number of benzene rings is 2. The van der Waals surface area contributed by atoms with Crippen LogP contribution in [0.1, 0.15) is 33.9 Å². The summed E-state index contributed by atoms with van der Waals surface area (Å²) in [5, 5.41) is 27.1. The average Bonchev–Trinajstić information content (AvgIpc) is 3.32. The van der Waals surface area contributed by atoms with Gasteiger partial charge in [0, 0.05) is 25.2 Å². The summed E-state index contributed by atoms with van der Waals surface area (Å²) in [7, 11) is 3.59. The Morgan fingerprint density at radius 1 is 0.824 bits per heavy atom. The number of azo groups is 1. The summed E-state index contributed by atoms with van der Waals surface area (Å²) in [5.41, 5.74) is 4.94. The number of aromatic nitrogens is 4. The monoisotopic (exact) mass is 445 g/mol. The Hall–Kier alpha value is -5.00. The molecule has 0 aliphatic heterocycles. The van der Waals surface area contributed by atoms with Crippen molar-refractivity contribution >= 4 is 11.4 Å². The van der Waals surface area contributed by atoms with Crippen LogP contribution in [0.5, 0.6) is 0 Å². The fourth-order valence-electron chi connectivity index (χ4n) is 3.19. The molecule has 0 saturated carbocycles. The Kier molecular flexibility index (Phi) is 6.58. The lowest BCUT2D eigenvalue weighted by Crippen LogP contribution is -1.96. The lowest BCUT2D eigenvalue weighted by Gasteiger charge is -1.94. The molecule has 0 aliphatic carbocycles. The molecule has 0 saturated heterocycles. The molecule has 4 rings (SSSR count). The summed E-state index contributed by atoms with van der Waals surface area (Å²) in [5.74, 6) is 12.2. The molecule has 0 N–H and O–H groups in total. The Balaban J connectivity index is 1.59. The van der Waals surface area contributed by atoms with Crippen LogP contribution in [0.15, 0.2) is 70.9 Å². The van der Waals surface area contributed by atoms with Crippen LogP contribution in [0.3, 0.4) is 0 Å². The SMILES string of the molecule is Cc1c(N=NCc2c([N+]#N)c(C#Cc3ccccc3)nn2C)c(C#Cc2ccccc2)nn1C. The van der Waals surface area contributed by atoms with Gasteiger partial charge in [-0.3, -0.25) is 9.36 Å². The lowest BCUT2D eigenvalue weighted by atomic mass is 10.2. The third-order valence-electron chi connectivity index (χ3n) is 5.13. The first-order valence-electron chi connectivity index (χ1n) is 10.5. The summed E-state index contributed by atoms with van der Waals surface area (Å²) in [6.45, 7) is 2.06. The Labute approximate surface area is 197 Å². The van der Waals surface area contributed by atoms with Crippen molar-refractivity contribution < 1.29 is 0 Å². The minimum Gasteiger partial charge on any atom is -0.269 e. The molecule has 0 aliphatic rings. The van der Waals surface area contributed by atoms with Gasteiger partial charge in [0.05, 0.1) is 5.69 Å². The van der Waals surface area contributed by atoms with Crippen molar-refractivity contribution in [2.45, 2.75) is 13.5 Å². The Morgan fingerprint density at radius 3 is 1.97 bits per heavy atom. The highest BCUT2D eigenvalue weighted by atomic mass is 15.3. The fraction of sp³-hybridized carbons (Fsp3) is 0.154. The van der Waals surface area contributed by atoms with Crippen LogP contribution in [0.25, 0.3) is 4.98 Å². The van der Waals surface area contributed by atoms with Crippen molar-refractivity contribution in [2.24, 2.45) is 24.3 Å². The van der Waals surface area contributed by atoms with Gasteiger partial charge in [-0.05, 0) is 43.0 Å². The molecule has 0 atom stereocenters. The van der Waals surface area contributed by atoms with Gasteiger partial charge in [-0.25, -0.2) is 0 Å². The highest BCUT2D eigenvalue weighted by Crippen LogP contribution is 2.26. The molecule has 164 valence electrons. The molecule has 34 heavy (non-hydrogen) atoms. The lowest BCUT2D eigenvalue weighted by molar-refractivity contribution is 0.702. The quantitative estimate of drug-likeness (QED) is 0.252. The second-order valence-electron chi connectivity index (χ2n) is 7.41. The molecule has 2 aromatic carbocycles. The first kappa shape index (κ1) is 22.2. The van der Waals surface area contributed by atoms with Crippen molar-refractivity contribution in [3.05, 3.63) is 99.5 Å². The van der Waals surface area contributed by atoms with Gasteiger partial charge in [0.2, 0.25) is 11.1 Å². The van der Waals surface area contributed by atoms with Gasteiger partial charge in [-0.2, -0.15) is 20.4 Å². The molecular formula is C26H21N8+. The summed E-state index contributed by atoms with van der Waals surface area (Å²) in [6, 6.07) is 19.2. The molecule has 0 unspecified atom stereocenters. The normalized spacial score (nSPS) is 10.3. The molecule has 0 amide bonds. The average molecular weight is 446 g/mol. The largest absolute Gasteiger partial charge is 0.443 e. The van der Waals surface area contributed by atoms with Gasteiger partial charge < -0.3 is 0 Å². The van der Waals surface area contributed by atoms with Gasteiger partial charge in [-0.1, -0.05) is 48.2 Å². The third-order valence-corrected chi connectivity index (χ3v) is 5.13. The highest BCUT2D eigenvalue weighted by Gasteiger charge is 2.26. The van der Waals surface area contributed by atoms with Crippen LogP contribution in [-0.4, -0.2) is 19.6 Å². The summed E-state index contributed by atoms with van der Waals surface area (Å²) >= 11 is 0. The predicted octanol–water partition coefficient (Wildman–Crippen LogP) is 5.03. The number of nitrogens with zero attached hydrogens (tertiary/aromatic N) is 8. The zero-order valence-electron chi connectivity index (χ0n) is 19.1. The minimum atomic E-state index is 0.149. The first-order valence-corrected chi connectivity index (χ1v) is 10.5. The van der Waals surface area contributed by atoms with Crippen molar-refractivity contribution in [3.63, 3.8) is 0 Å². The maximum absolute atomic E-state index is 9.60. The number of diazo groups is 1. The van der Waals surface area contributed by atoms with Gasteiger partial charge >= 0.3 is 5.69 Å². The topological polar surface area (TPSA) is 88.5 Å². The summed E-state index contributed by atoms with van der Waals surface area (Å²) in [6.07, 6.45) is 0. The molecule has 8 heteroatoms. The number of hydrogen-bond acceptors (Lipinski definition) is 5. The van der Waals surface area contributed by atoms with E-state index in [1.165, 1.54) is 0 Å². The van der Waals surface area contributed by atoms with E-state index in [-0.39, 0.29) is 12.2 Å². The van der Waals surface area contributed by atoms with Crippen molar-refractivity contribution in [1.29, 1.82) is 5.39 Å². The molecular weight excluding hydrogens is 424 g/mol. The van der Waals surface area contributed by atoms with Gasteiger partial charge in [0.15, 0.2) is 16.4 Å². The van der Waals surface area contributed by atoms with E-state index in [1.807, 2.05) is 74.6 Å². The molecule has 4 aromatic rings. The molecule has 2 heterocycles. The van der Waals surface area contributed by atoms with E-state index in [2.05, 4.69) is 49.1 Å². The maximum Gasteiger partial charge on any atom is 0.443 e. The number of rotatable bonds is 3. The molecule has 8 nitrogen and oxygen atoms in total. The van der Waals surface area contributed by atoms with E-state index < -0.39 is 0 Å². The van der Waals surface area contributed by atoms with E-state index in [4.69, 9.17) is 0 Å². The van der Waals surface area contributed by atoms with E-state index in [0.29, 0.717) is 22.8 Å². The molecule has 2 aromatic heterocycles. The summed E-state index contributed by atoms with van der Waals surface area (Å²) in [4.78, 5) is 3.41. The second-order valence-corrected chi connectivity index (χ2v) is 7.41. The maximum atomic E-state index is 9.60. The molecule has 0 radical (unpaired) electrons. The van der Waals surface area contributed by atoms with Gasteiger partial charge in [0.1, 0.15) is 12.2 Å². The van der Waals surface area contributed by atoms with Gasteiger partial charge in [0.25, 0.3) is 0 Å². The molecule has 0 fully saturated rings. The van der Waals surface area contributed by atoms with E-state index >= 15 is 0 Å². The second kappa shape index (κ2) is 10.1. The summed E-state index contributed by atoms with van der Waals surface area (Å²) < 4.78 is 3.31. The zero-order valence-corrected chi connectivity index (χ0v) is 19.1. The van der Waals surface area contributed by atoms with Crippen LogP contribution in [-0.2, 0) is 20.6 Å². The highest BCUT2D eigenvalue weighted by molar-refractivity contribution is 5.61. The third kappa shape index (κ3) is 4.91.